The summed E-state index contributed by atoms with van der Waals surface area (Å²) in [4.78, 5) is 2.39. The van der Waals surface area contributed by atoms with E-state index in [0.717, 1.165) is 39.0 Å². The number of nitrogens with zero attached hydrogens (tertiary/aromatic N) is 1. The molecule has 0 unspecified atom stereocenters. The van der Waals surface area contributed by atoms with E-state index in [1.807, 2.05) is 23.5 Å². The van der Waals surface area contributed by atoms with Crippen LogP contribution in [0.1, 0.15) is 25.0 Å². The molecule has 2 nitrogen and oxygen atoms in total. The molecule has 3 heteroatoms. The van der Waals surface area contributed by atoms with Gasteiger partial charge in [0, 0.05) is 53.4 Å². The zero-order chi connectivity index (χ0) is 34.6. The van der Waals surface area contributed by atoms with Crippen LogP contribution in [0.15, 0.2) is 168 Å². The molecular formula is C49H33NOS. The Kier molecular flexibility index (Phi) is 6.21. The van der Waals surface area contributed by atoms with Gasteiger partial charge in [-0.2, -0.15) is 0 Å². The number of hydrogen-bond donors (Lipinski definition) is 0. The van der Waals surface area contributed by atoms with Crippen molar-refractivity contribution in [3.8, 4) is 22.3 Å². The lowest BCUT2D eigenvalue weighted by atomic mass is 9.82. The maximum Gasteiger partial charge on any atom is 0.135 e. The Labute approximate surface area is 305 Å². The quantitative estimate of drug-likeness (QED) is 0.184. The molecule has 52 heavy (non-hydrogen) atoms. The standard InChI is InChI=1S/C49H33NOS/c1-49(2)42-12-6-3-9-36(42)37-24-22-35(29-43(37)49)50(34-23-25-45-41(28-34)38-10-4-7-13-44(38)51-45)33-20-17-30(18-21-33)32-16-15-31-19-26-47-48(40(31)27-32)39-11-5-8-14-46(39)52-47/h3-29H,1-2H3. The highest BCUT2D eigenvalue weighted by Gasteiger charge is 2.35. The lowest BCUT2D eigenvalue weighted by Crippen LogP contribution is -2.16. The van der Waals surface area contributed by atoms with Gasteiger partial charge in [0.25, 0.3) is 0 Å². The van der Waals surface area contributed by atoms with Crippen molar-refractivity contribution >= 4 is 81.3 Å². The molecule has 2 heterocycles. The first kappa shape index (κ1) is 29.6. The highest BCUT2D eigenvalue weighted by Crippen LogP contribution is 2.51. The predicted octanol–water partition coefficient (Wildman–Crippen LogP) is 14.6. The van der Waals surface area contributed by atoms with Crippen molar-refractivity contribution in [1.29, 1.82) is 0 Å². The highest BCUT2D eigenvalue weighted by molar-refractivity contribution is 7.26. The minimum atomic E-state index is -0.0997. The van der Waals surface area contributed by atoms with Gasteiger partial charge < -0.3 is 9.32 Å². The summed E-state index contributed by atoms with van der Waals surface area (Å²) < 4.78 is 8.91. The van der Waals surface area contributed by atoms with E-state index in [1.54, 1.807) is 0 Å². The molecule has 11 rings (SSSR count). The zero-order valence-electron chi connectivity index (χ0n) is 28.9. The molecule has 0 saturated carbocycles. The molecule has 2 aromatic heterocycles. The molecule has 0 amide bonds. The Balaban J connectivity index is 1.06. The Bertz CT molecular complexity index is 3050. The summed E-state index contributed by atoms with van der Waals surface area (Å²) in [5.74, 6) is 0. The van der Waals surface area contributed by atoms with E-state index in [0.29, 0.717) is 0 Å². The number of para-hydroxylation sites is 1. The van der Waals surface area contributed by atoms with Crippen molar-refractivity contribution in [2.75, 3.05) is 4.90 Å². The minimum absolute atomic E-state index is 0.0997. The Morgan fingerprint density at radius 1 is 0.462 bits per heavy atom. The fraction of sp³-hybridized carbons (Fsp3) is 0.0612. The van der Waals surface area contributed by atoms with E-state index < -0.39 is 0 Å². The van der Waals surface area contributed by atoms with E-state index in [2.05, 4.69) is 170 Å². The van der Waals surface area contributed by atoms with Gasteiger partial charge in [0.1, 0.15) is 11.2 Å². The first-order chi connectivity index (χ1) is 25.5. The van der Waals surface area contributed by atoms with Crippen LogP contribution in [0.4, 0.5) is 17.1 Å². The second-order valence-electron chi connectivity index (χ2n) is 14.5. The third-order valence-corrected chi connectivity index (χ3v) is 12.4. The van der Waals surface area contributed by atoms with Gasteiger partial charge in [-0.15, -0.1) is 11.3 Å². The minimum Gasteiger partial charge on any atom is -0.456 e. The average molecular weight is 684 g/mol. The maximum atomic E-state index is 6.24. The molecule has 8 aromatic carbocycles. The summed E-state index contributed by atoms with van der Waals surface area (Å²) in [5.41, 5.74) is 12.8. The van der Waals surface area contributed by atoms with Gasteiger partial charge in [0.15, 0.2) is 0 Å². The number of benzene rings is 8. The molecule has 0 bridgehead atoms. The lowest BCUT2D eigenvalue weighted by Gasteiger charge is -2.28. The summed E-state index contributed by atoms with van der Waals surface area (Å²) in [6.45, 7) is 4.70. The van der Waals surface area contributed by atoms with Gasteiger partial charge in [-0.3, -0.25) is 0 Å². The van der Waals surface area contributed by atoms with Gasteiger partial charge >= 0.3 is 0 Å². The second kappa shape index (κ2) is 10.9. The van der Waals surface area contributed by atoms with E-state index >= 15 is 0 Å². The summed E-state index contributed by atoms with van der Waals surface area (Å²) >= 11 is 1.87. The molecular weight excluding hydrogens is 651 g/mol. The van der Waals surface area contributed by atoms with E-state index in [1.165, 1.54) is 64.3 Å². The molecule has 0 atom stereocenters. The molecule has 0 N–H and O–H groups in total. The number of hydrogen-bond acceptors (Lipinski definition) is 3. The molecule has 0 spiro atoms. The molecule has 0 aliphatic heterocycles. The van der Waals surface area contributed by atoms with Crippen molar-refractivity contribution in [1.82, 2.24) is 0 Å². The third-order valence-electron chi connectivity index (χ3n) is 11.3. The van der Waals surface area contributed by atoms with Gasteiger partial charge in [0.05, 0.1) is 0 Å². The van der Waals surface area contributed by atoms with Gasteiger partial charge in [0.2, 0.25) is 0 Å². The summed E-state index contributed by atoms with van der Waals surface area (Å²) in [5, 5.41) is 7.51. The lowest BCUT2D eigenvalue weighted by molar-refractivity contribution is 0.660. The van der Waals surface area contributed by atoms with E-state index in [4.69, 9.17) is 4.42 Å². The van der Waals surface area contributed by atoms with E-state index in [-0.39, 0.29) is 5.41 Å². The summed E-state index contributed by atoms with van der Waals surface area (Å²) in [7, 11) is 0. The number of rotatable bonds is 4. The highest BCUT2D eigenvalue weighted by atomic mass is 32.1. The molecule has 0 radical (unpaired) electrons. The van der Waals surface area contributed by atoms with E-state index in [9.17, 15) is 0 Å². The topological polar surface area (TPSA) is 16.4 Å². The van der Waals surface area contributed by atoms with Gasteiger partial charge in [-0.25, -0.2) is 0 Å². The Hall–Kier alpha value is -6.16. The Morgan fingerprint density at radius 2 is 1.13 bits per heavy atom. The van der Waals surface area contributed by atoms with Crippen LogP contribution in [0.5, 0.6) is 0 Å². The van der Waals surface area contributed by atoms with Crippen LogP contribution in [0, 0.1) is 0 Å². The van der Waals surface area contributed by atoms with Crippen LogP contribution >= 0.6 is 11.3 Å². The summed E-state index contributed by atoms with van der Waals surface area (Å²) in [6, 6.07) is 60.0. The van der Waals surface area contributed by atoms with Crippen LogP contribution < -0.4 is 4.90 Å². The number of anilines is 3. The van der Waals surface area contributed by atoms with Crippen LogP contribution in [-0.2, 0) is 5.41 Å². The molecule has 246 valence electrons. The average Bonchev–Trinajstić information content (AvgIpc) is 3.83. The third kappa shape index (κ3) is 4.30. The molecule has 0 saturated heterocycles. The van der Waals surface area contributed by atoms with Crippen molar-refractivity contribution in [2.45, 2.75) is 19.3 Å². The van der Waals surface area contributed by atoms with Crippen LogP contribution in [0.3, 0.4) is 0 Å². The van der Waals surface area contributed by atoms with Crippen molar-refractivity contribution < 1.29 is 4.42 Å². The SMILES string of the molecule is CC1(C)c2ccccc2-c2ccc(N(c3ccc(-c4ccc5ccc6sc7ccccc7c6c5c4)cc3)c3ccc4oc5ccccc5c4c3)cc21. The van der Waals surface area contributed by atoms with Crippen LogP contribution in [0.2, 0.25) is 0 Å². The van der Waals surface area contributed by atoms with Crippen LogP contribution in [0.25, 0.3) is 75.1 Å². The fourth-order valence-corrected chi connectivity index (χ4v) is 9.78. The van der Waals surface area contributed by atoms with Crippen molar-refractivity contribution in [3.05, 3.63) is 175 Å². The predicted molar refractivity (Wildman–Crippen MR) is 222 cm³/mol. The van der Waals surface area contributed by atoms with Gasteiger partial charge in [-0.1, -0.05) is 111 Å². The maximum absolute atomic E-state index is 6.24. The van der Waals surface area contributed by atoms with Gasteiger partial charge in [-0.05, 0) is 111 Å². The fourth-order valence-electron chi connectivity index (χ4n) is 8.66. The summed E-state index contributed by atoms with van der Waals surface area (Å²) in [6.07, 6.45) is 0. The van der Waals surface area contributed by atoms with Crippen molar-refractivity contribution in [2.24, 2.45) is 0 Å². The monoisotopic (exact) mass is 683 g/mol. The number of fused-ring (bicyclic) bond motifs is 11. The molecule has 0 fully saturated rings. The number of thiophene rings is 1. The normalized spacial score (nSPS) is 13.3. The molecule has 1 aliphatic rings. The molecule has 10 aromatic rings. The first-order valence-electron chi connectivity index (χ1n) is 17.9. The second-order valence-corrected chi connectivity index (χ2v) is 15.6. The first-order valence-corrected chi connectivity index (χ1v) is 18.7. The number of furan rings is 1. The Morgan fingerprint density at radius 3 is 2.04 bits per heavy atom. The van der Waals surface area contributed by atoms with Crippen molar-refractivity contribution in [3.63, 3.8) is 0 Å². The molecule has 1 aliphatic carbocycles. The largest absolute Gasteiger partial charge is 0.456 e. The zero-order valence-corrected chi connectivity index (χ0v) is 29.7. The smallest absolute Gasteiger partial charge is 0.135 e. The van der Waals surface area contributed by atoms with Crippen LogP contribution in [-0.4, -0.2) is 0 Å².